The number of carbonyl (C=O) groups excluding carboxylic acids is 2. The first kappa shape index (κ1) is 22.7. The smallest absolute Gasteiger partial charge is 0.434 e. The minimum atomic E-state index is -0.813. The predicted molar refractivity (Wildman–Crippen MR) is 117 cm³/mol. The number of anilines is 1. The van der Waals surface area contributed by atoms with Crippen molar-refractivity contribution in [2.75, 3.05) is 18.1 Å². The summed E-state index contributed by atoms with van der Waals surface area (Å²) < 4.78 is 24.6. The summed E-state index contributed by atoms with van der Waals surface area (Å²) in [4.78, 5) is 26.2. The van der Waals surface area contributed by atoms with Gasteiger partial charge in [-0.2, -0.15) is 0 Å². The monoisotopic (exact) mass is 428 g/mol. The molecule has 1 heterocycles. The molecular weight excluding hydrogens is 399 g/mol. The highest BCUT2D eigenvalue weighted by Gasteiger charge is 2.29. The van der Waals surface area contributed by atoms with E-state index in [1.807, 2.05) is 26.8 Å². The van der Waals surface area contributed by atoms with E-state index in [4.69, 9.17) is 15.2 Å². The van der Waals surface area contributed by atoms with Crippen molar-refractivity contribution in [2.24, 2.45) is 11.7 Å². The number of para-hydroxylation sites is 1. The molecule has 0 saturated heterocycles. The van der Waals surface area contributed by atoms with Crippen LogP contribution in [0, 0.1) is 18.7 Å². The number of fused-ring (bicyclic) bond motifs is 1. The second kappa shape index (κ2) is 9.92. The van der Waals surface area contributed by atoms with Gasteiger partial charge in [-0.15, -0.1) is 0 Å². The van der Waals surface area contributed by atoms with E-state index >= 15 is 0 Å². The minimum Gasteiger partial charge on any atom is -0.434 e. The average Bonchev–Trinajstić information content (AvgIpc) is 2.73. The number of amides is 1. The molecule has 2 aromatic rings. The maximum Gasteiger partial charge on any atom is 0.513 e. The van der Waals surface area contributed by atoms with E-state index in [2.05, 4.69) is 0 Å². The van der Waals surface area contributed by atoms with E-state index in [9.17, 15) is 14.0 Å². The predicted octanol–water partition coefficient (Wildman–Crippen LogP) is 4.15. The fourth-order valence-corrected chi connectivity index (χ4v) is 3.67. The summed E-state index contributed by atoms with van der Waals surface area (Å²) in [7, 11) is 0. The summed E-state index contributed by atoms with van der Waals surface area (Å²) >= 11 is 0. The van der Waals surface area contributed by atoms with Gasteiger partial charge in [-0.25, -0.2) is 9.18 Å². The van der Waals surface area contributed by atoms with Crippen LogP contribution in [0.25, 0.3) is 0 Å². The molecule has 2 aromatic carbocycles. The molecule has 31 heavy (non-hydrogen) atoms. The lowest BCUT2D eigenvalue weighted by molar-refractivity contribution is -0.119. The van der Waals surface area contributed by atoms with Crippen molar-refractivity contribution in [3.63, 3.8) is 0 Å². The molecule has 7 heteroatoms. The number of rotatable bonds is 6. The fourth-order valence-electron chi connectivity index (χ4n) is 3.67. The number of aryl methyl sites for hydroxylation is 2. The molecule has 0 aliphatic carbocycles. The summed E-state index contributed by atoms with van der Waals surface area (Å²) in [6.45, 7) is 6.47. The van der Waals surface area contributed by atoms with Gasteiger partial charge in [-0.3, -0.25) is 4.79 Å². The van der Waals surface area contributed by atoms with Crippen LogP contribution < -0.4 is 15.4 Å². The molecule has 166 valence electrons. The van der Waals surface area contributed by atoms with Crippen LogP contribution in [0.2, 0.25) is 0 Å². The quantitative estimate of drug-likeness (QED) is 0.552. The van der Waals surface area contributed by atoms with Crippen LogP contribution >= 0.6 is 0 Å². The Morgan fingerprint density at radius 2 is 2.00 bits per heavy atom. The summed E-state index contributed by atoms with van der Waals surface area (Å²) in [5, 5.41) is 0. The Kier molecular flexibility index (Phi) is 7.28. The molecule has 0 radical (unpaired) electrons. The summed E-state index contributed by atoms with van der Waals surface area (Å²) in [6.07, 6.45) is 1.06. The molecule has 1 aliphatic heterocycles. The summed E-state index contributed by atoms with van der Waals surface area (Å²) in [5.74, 6) is -0.124. The topological polar surface area (TPSA) is 81.9 Å². The molecule has 0 fully saturated rings. The van der Waals surface area contributed by atoms with E-state index in [-0.39, 0.29) is 18.4 Å². The molecule has 0 bridgehead atoms. The Morgan fingerprint density at radius 1 is 1.23 bits per heavy atom. The lowest BCUT2D eigenvalue weighted by Gasteiger charge is -2.31. The molecule has 0 saturated carbocycles. The number of halogens is 1. The fraction of sp³-hybridized carbons (Fsp3) is 0.417. The van der Waals surface area contributed by atoms with E-state index < -0.39 is 18.0 Å². The summed E-state index contributed by atoms with van der Waals surface area (Å²) in [5.41, 5.74) is 9.09. The van der Waals surface area contributed by atoms with E-state index in [0.717, 1.165) is 29.5 Å². The molecular formula is C24H29FN2O4. The lowest BCUT2D eigenvalue weighted by atomic mass is 9.97. The Morgan fingerprint density at radius 3 is 2.71 bits per heavy atom. The molecule has 1 aliphatic rings. The van der Waals surface area contributed by atoms with Gasteiger partial charge in [-0.1, -0.05) is 32.0 Å². The van der Waals surface area contributed by atoms with Crippen molar-refractivity contribution in [3.05, 3.63) is 58.9 Å². The van der Waals surface area contributed by atoms with Crippen LogP contribution in [0.4, 0.5) is 14.9 Å². The van der Waals surface area contributed by atoms with Gasteiger partial charge in [-0.05, 0) is 67.0 Å². The van der Waals surface area contributed by atoms with E-state index in [1.165, 1.54) is 11.0 Å². The van der Waals surface area contributed by atoms with E-state index in [1.54, 1.807) is 24.3 Å². The molecule has 6 nitrogen and oxygen atoms in total. The number of carbonyl (C=O) groups is 2. The molecule has 0 aromatic heterocycles. The second-order valence-corrected chi connectivity index (χ2v) is 8.30. The standard InChI is InChI=1S/C24H29FN2O4/c1-15(2)14-30-24(29)31-19-10-9-18(16(3)12-19)13-21(26)23(28)27-11-5-7-17-6-4-8-20(25)22(17)27/h4,6,8-10,12,15,21H,5,7,11,13-14,26H2,1-3H3/t21-/m0/s1. The maximum atomic E-state index is 14.4. The first-order valence-corrected chi connectivity index (χ1v) is 10.5. The van der Waals surface area contributed by atoms with Gasteiger partial charge in [0, 0.05) is 6.54 Å². The highest BCUT2D eigenvalue weighted by Crippen LogP contribution is 2.30. The average molecular weight is 429 g/mol. The van der Waals surface area contributed by atoms with Gasteiger partial charge in [0.1, 0.15) is 11.6 Å². The Balaban J connectivity index is 1.66. The molecule has 3 rings (SSSR count). The molecule has 1 amide bonds. The summed E-state index contributed by atoms with van der Waals surface area (Å²) in [6, 6.07) is 9.19. The molecule has 0 spiro atoms. The third-order valence-electron chi connectivity index (χ3n) is 5.24. The minimum absolute atomic E-state index is 0.219. The number of nitrogens with zero attached hydrogens (tertiary/aromatic N) is 1. The maximum absolute atomic E-state index is 14.4. The molecule has 2 N–H and O–H groups in total. The third-order valence-corrected chi connectivity index (χ3v) is 5.24. The number of ether oxygens (including phenoxy) is 2. The normalized spacial score (nSPS) is 14.2. The van der Waals surface area contributed by atoms with Gasteiger partial charge >= 0.3 is 6.16 Å². The zero-order valence-corrected chi connectivity index (χ0v) is 18.2. The van der Waals surface area contributed by atoms with Crippen LogP contribution in [0.5, 0.6) is 5.75 Å². The second-order valence-electron chi connectivity index (χ2n) is 8.30. The molecule has 1 atom stereocenters. The SMILES string of the molecule is Cc1cc(OC(=O)OCC(C)C)ccc1C[C@H](N)C(=O)N1CCCc2cccc(F)c21. The highest BCUT2D eigenvalue weighted by molar-refractivity contribution is 5.98. The zero-order valence-electron chi connectivity index (χ0n) is 18.2. The lowest BCUT2D eigenvalue weighted by Crippen LogP contribution is -2.47. The van der Waals surface area contributed by atoms with Crippen molar-refractivity contribution >= 4 is 17.7 Å². The van der Waals surface area contributed by atoms with Crippen molar-refractivity contribution in [3.8, 4) is 5.75 Å². The van der Waals surface area contributed by atoms with Crippen molar-refractivity contribution in [1.29, 1.82) is 0 Å². The van der Waals surface area contributed by atoms with Crippen molar-refractivity contribution in [1.82, 2.24) is 0 Å². The highest BCUT2D eigenvalue weighted by atomic mass is 19.1. The third kappa shape index (κ3) is 5.61. The largest absolute Gasteiger partial charge is 0.513 e. The number of hydrogen-bond acceptors (Lipinski definition) is 5. The van der Waals surface area contributed by atoms with Crippen LogP contribution in [-0.4, -0.2) is 31.3 Å². The zero-order chi connectivity index (χ0) is 22.5. The van der Waals surface area contributed by atoms with Gasteiger partial charge in [0.25, 0.3) is 0 Å². The van der Waals surface area contributed by atoms with Gasteiger partial charge in [0.2, 0.25) is 5.91 Å². The van der Waals surface area contributed by atoms with Crippen molar-refractivity contribution < 1.29 is 23.5 Å². The first-order chi connectivity index (χ1) is 14.8. The number of hydrogen-bond donors (Lipinski definition) is 1. The van der Waals surface area contributed by atoms with Crippen LogP contribution in [0.3, 0.4) is 0 Å². The Labute approximate surface area is 182 Å². The number of nitrogens with two attached hydrogens (primary N) is 1. The number of benzene rings is 2. The van der Waals surface area contributed by atoms with Gasteiger partial charge in [0.15, 0.2) is 0 Å². The van der Waals surface area contributed by atoms with Crippen molar-refractivity contribution in [2.45, 2.75) is 46.1 Å². The van der Waals surface area contributed by atoms with Crippen LogP contribution in [-0.2, 0) is 22.4 Å². The Bertz CT molecular complexity index is 961. The van der Waals surface area contributed by atoms with Crippen LogP contribution in [0.15, 0.2) is 36.4 Å². The van der Waals surface area contributed by atoms with Gasteiger partial charge in [0.05, 0.1) is 18.3 Å². The van der Waals surface area contributed by atoms with Gasteiger partial charge < -0.3 is 20.1 Å². The first-order valence-electron chi connectivity index (χ1n) is 10.5. The van der Waals surface area contributed by atoms with Crippen LogP contribution in [0.1, 0.15) is 37.0 Å². The van der Waals surface area contributed by atoms with E-state index in [0.29, 0.717) is 24.4 Å². The molecule has 0 unspecified atom stereocenters. The Hall–Kier alpha value is -2.93.